The van der Waals surface area contributed by atoms with Crippen LogP contribution >= 0.6 is 0 Å². The van der Waals surface area contributed by atoms with E-state index in [-0.39, 0.29) is 0 Å². The van der Waals surface area contributed by atoms with E-state index in [0.29, 0.717) is 0 Å². The van der Waals surface area contributed by atoms with Crippen LogP contribution in [0.5, 0.6) is 0 Å². The molecule has 0 saturated carbocycles. The zero-order chi connectivity index (χ0) is 11.1. The van der Waals surface area contributed by atoms with Gasteiger partial charge in [-0.15, -0.1) is 0 Å². The number of rotatable bonds is 7. The molecule has 3 heteroatoms. The Hall–Kier alpha value is -0.830. The van der Waals surface area contributed by atoms with Crippen LogP contribution in [-0.4, -0.2) is 16.3 Å². The fourth-order valence-electron chi connectivity index (χ4n) is 1.77. The lowest BCUT2D eigenvalue weighted by atomic mass is 10.2. The average Bonchev–Trinajstić information content (AvgIpc) is 2.65. The predicted molar refractivity (Wildman–Crippen MR) is 63.9 cm³/mol. The summed E-state index contributed by atoms with van der Waals surface area (Å²) in [7, 11) is 0. The van der Waals surface area contributed by atoms with E-state index in [1.807, 2.05) is 6.20 Å². The lowest BCUT2D eigenvalue weighted by Crippen LogP contribution is -2.13. The van der Waals surface area contributed by atoms with Crippen LogP contribution in [0.1, 0.15) is 44.9 Å². The SMILES string of the molecule is CCCCn1ncc(CNCC)c1CC. The zero-order valence-corrected chi connectivity index (χ0v) is 10.2. The van der Waals surface area contributed by atoms with Gasteiger partial charge in [0.1, 0.15) is 0 Å². The number of unbranched alkanes of at least 4 members (excludes halogenated alkanes) is 1. The smallest absolute Gasteiger partial charge is 0.0537 e. The van der Waals surface area contributed by atoms with Crippen molar-refractivity contribution >= 4 is 0 Å². The quantitative estimate of drug-likeness (QED) is 0.747. The Balaban J connectivity index is 2.66. The van der Waals surface area contributed by atoms with Gasteiger partial charge in [-0.3, -0.25) is 4.68 Å². The van der Waals surface area contributed by atoms with E-state index in [2.05, 4.69) is 35.9 Å². The van der Waals surface area contributed by atoms with Gasteiger partial charge in [0.25, 0.3) is 0 Å². The van der Waals surface area contributed by atoms with Crippen LogP contribution in [0.15, 0.2) is 6.20 Å². The number of aryl methyl sites for hydroxylation is 1. The summed E-state index contributed by atoms with van der Waals surface area (Å²) in [5.41, 5.74) is 2.75. The molecule has 1 rings (SSSR count). The first-order valence-corrected chi connectivity index (χ1v) is 6.07. The minimum absolute atomic E-state index is 0.950. The van der Waals surface area contributed by atoms with E-state index >= 15 is 0 Å². The summed E-state index contributed by atoms with van der Waals surface area (Å²) in [4.78, 5) is 0. The number of hydrogen-bond donors (Lipinski definition) is 1. The van der Waals surface area contributed by atoms with Gasteiger partial charge in [0.15, 0.2) is 0 Å². The van der Waals surface area contributed by atoms with Gasteiger partial charge in [-0.2, -0.15) is 5.10 Å². The van der Waals surface area contributed by atoms with Crippen molar-refractivity contribution in [1.29, 1.82) is 0 Å². The van der Waals surface area contributed by atoms with Gasteiger partial charge in [-0.1, -0.05) is 27.2 Å². The van der Waals surface area contributed by atoms with E-state index in [1.165, 1.54) is 24.1 Å². The Bertz CT molecular complexity index is 253. The van der Waals surface area contributed by atoms with Gasteiger partial charge in [0, 0.05) is 24.3 Å². The minimum Gasteiger partial charge on any atom is -0.313 e. The minimum atomic E-state index is 0.950. The summed E-state index contributed by atoms with van der Waals surface area (Å²) < 4.78 is 2.16. The summed E-state index contributed by atoms with van der Waals surface area (Å²) >= 11 is 0. The van der Waals surface area contributed by atoms with Crippen molar-refractivity contribution in [2.75, 3.05) is 6.54 Å². The molecule has 1 aromatic heterocycles. The van der Waals surface area contributed by atoms with E-state index < -0.39 is 0 Å². The Labute approximate surface area is 92.9 Å². The molecule has 0 atom stereocenters. The molecule has 0 aliphatic rings. The number of hydrogen-bond acceptors (Lipinski definition) is 2. The molecule has 1 heterocycles. The molecule has 1 aromatic rings. The van der Waals surface area contributed by atoms with Crippen LogP contribution in [0.2, 0.25) is 0 Å². The molecule has 0 amide bonds. The average molecular weight is 209 g/mol. The second kappa shape index (κ2) is 6.62. The third-order valence-corrected chi connectivity index (χ3v) is 2.66. The number of nitrogens with one attached hydrogen (secondary N) is 1. The van der Waals surface area contributed by atoms with Crippen molar-refractivity contribution in [3.63, 3.8) is 0 Å². The standard InChI is InChI=1S/C12H23N3/c1-4-7-8-15-12(5-2)11(10-14-15)9-13-6-3/h10,13H,4-9H2,1-3H3. The molecule has 0 aliphatic heterocycles. The Kier molecular flexibility index (Phi) is 5.40. The van der Waals surface area contributed by atoms with Crippen molar-refractivity contribution < 1.29 is 0 Å². The van der Waals surface area contributed by atoms with Crippen LogP contribution in [0.3, 0.4) is 0 Å². The van der Waals surface area contributed by atoms with E-state index in [4.69, 9.17) is 0 Å². The second-order valence-corrected chi connectivity index (χ2v) is 3.83. The first kappa shape index (κ1) is 12.2. The third-order valence-electron chi connectivity index (χ3n) is 2.66. The maximum absolute atomic E-state index is 4.45. The van der Waals surface area contributed by atoms with Gasteiger partial charge in [0.2, 0.25) is 0 Å². The van der Waals surface area contributed by atoms with Crippen molar-refractivity contribution in [2.24, 2.45) is 0 Å². The normalized spacial score (nSPS) is 10.9. The molecule has 0 aromatic carbocycles. The third kappa shape index (κ3) is 3.34. The van der Waals surface area contributed by atoms with Gasteiger partial charge in [-0.25, -0.2) is 0 Å². The molecule has 0 aliphatic carbocycles. The zero-order valence-electron chi connectivity index (χ0n) is 10.2. The van der Waals surface area contributed by atoms with Crippen LogP contribution in [-0.2, 0) is 19.5 Å². The second-order valence-electron chi connectivity index (χ2n) is 3.83. The number of aromatic nitrogens is 2. The lowest BCUT2D eigenvalue weighted by molar-refractivity contribution is 0.549. The van der Waals surface area contributed by atoms with Gasteiger partial charge in [-0.05, 0) is 19.4 Å². The molecule has 0 fully saturated rings. The van der Waals surface area contributed by atoms with Crippen molar-refractivity contribution in [3.8, 4) is 0 Å². The molecule has 0 spiro atoms. The monoisotopic (exact) mass is 209 g/mol. The summed E-state index contributed by atoms with van der Waals surface area (Å²) in [5, 5.41) is 7.81. The summed E-state index contributed by atoms with van der Waals surface area (Å²) in [6, 6.07) is 0. The molecule has 86 valence electrons. The Morgan fingerprint density at radius 1 is 1.33 bits per heavy atom. The van der Waals surface area contributed by atoms with Gasteiger partial charge in [0.05, 0.1) is 6.20 Å². The molecular formula is C12H23N3. The van der Waals surface area contributed by atoms with Gasteiger partial charge < -0.3 is 5.32 Å². The molecular weight excluding hydrogens is 186 g/mol. The highest BCUT2D eigenvalue weighted by atomic mass is 15.3. The highest BCUT2D eigenvalue weighted by Crippen LogP contribution is 2.10. The Morgan fingerprint density at radius 2 is 2.13 bits per heavy atom. The molecule has 0 radical (unpaired) electrons. The fourth-order valence-corrected chi connectivity index (χ4v) is 1.77. The van der Waals surface area contributed by atoms with Crippen LogP contribution in [0.4, 0.5) is 0 Å². The molecule has 1 N–H and O–H groups in total. The van der Waals surface area contributed by atoms with E-state index in [1.54, 1.807) is 0 Å². The van der Waals surface area contributed by atoms with Crippen LogP contribution < -0.4 is 5.32 Å². The molecule has 15 heavy (non-hydrogen) atoms. The summed E-state index contributed by atoms with van der Waals surface area (Å²) in [6.07, 6.45) is 5.53. The largest absolute Gasteiger partial charge is 0.313 e. The predicted octanol–water partition coefficient (Wildman–Crippen LogP) is 2.36. The maximum atomic E-state index is 4.45. The van der Waals surface area contributed by atoms with E-state index in [9.17, 15) is 0 Å². The van der Waals surface area contributed by atoms with Crippen LogP contribution in [0, 0.1) is 0 Å². The summed E-state index contributed by atoms with van der Waals surface area (Å²) in [6.45, 7) is 9.58. The topological polar surface area (TPSA) is 29.9 Å². The lowest BCUT2D eigenvalue weighted by Gasteiger charge is -2.07. The highest BCUT2D eigenvalue weighted by molar-refractivity contribution is 5.17. The fraction of sp³-hybridized carbons (Fsp3) is 0.750. The van der Waals surface area contributed by atoms with Crippen molar-refractivity contribution in [3.05, 3.63) is 17.5 Å². The first-order chi connectivity index (χ1) is 7.33. The maximum Gasteiger partial charge on any atom is 0.0537 e. The molecule has 3 nitrogen and oxygen atoms in total. The Morgan fingerprint density at radius 3 is 2.73 bits per heavy atom. The van der Waals surface area contributed by atoms with Crippen molar-refractivity contribution in [1.82, 2.24) is 15.1 Å². The molecule has 0 bridgehead atoms. The highest BCUT2D eigenvalue weighted by Gasteiger charge is 2.07. The van der Waals surface area contributed by atoms with Gasteiger partial charge >= 0.3 is 0 Å². The molecule has 0 saturated heterocycles. The first-order valence-electron chi connectivity index (χ1n) is 6.07. The van der Waals surface area contributed by atoms with Crippen molar-refractivity contribution in [2.45, 2.75) is 53.1 Å². The van der Waals surface area contributed by atoms with E-state index in [0.717, 1.165) is 26.1 Å². The molecule has 0 unspecified atom stereocenters. The number of nitrogens with zero attached hydrogens (tertiary/aromatic N) is 2. The summed E-state index contributed by atoms with van der Waals surface area (Å²) in [5.74, 6) is 0. The van der Waals surface area contributed by atoms with Crippen LogP contribution in [0.25, 0.3) is 0 Å².